The fourth-order valence-corrected chi connectivity index (χ4v) is 5.13. The lowest BCUT2D eigenvalue weighted by molar-refractivity contribution is -0.133. The smallest absolute Gasteiger partial charge is 0.239 e. The summed E-state index contributed by atoms with van der Waals surface area (Å²) in [6.07, 6.45) is 32.1. The molecule has 4 nitrogen and oxygen atoms in total. The van der Waals surface area contributed by atoms with E-state index in [1.54, 1.807) is 0 Å². The molecular formula is C32H70Cl3N3O. The van der Waals surface area contributed by atoms with Crippen molar-refractivity contribution in [2.75, 3.05) is 19.6 Å². The Hall–Kier alpha value is 0.260. The van der Waals surface area contributed by atoms with Gasteiger partial charge in [0.2, 0.25) is 5.91 Å². The van der Waals surface area contributed by atoms with Crippen LogP contribution in [-0.2, 0) is 4.79 Å². The minimum absolute atomic E-state index is 0. The van der Waals surface area contributed by atoms with Crippen molar-refractivity contribution in [1.29, 1.82) is 0 Å². The lowest BCUT2D eigenvalue weighted by Crippen LogP contribution is -2.44. The van der Waals surface area contributed by atoms with Gasteiger partial charge in [0.15, 0.2) is 0 Å². The fourth-order valence-electron chi connectivity index (χ4n) is 5.13. The van der Waals surface area contributed by atoms with E-state index >= 15 is 0 Å². The van der Waals surface area contributed by atoms with Crippen LogP contribution >= 0.6 is 37.2 Å². The number of nitrogens with zero attached hydrogens (tertiary/aromatic N) is 1. The SMILES string of the molecule is CCCCCCCCCCCCCCN(CCCCCCCCCCCC)C(=O)[C@@H](N)CCCCN.Cl.Cl.Cl. The molecule has 0 aromatic heterocycles. The van der Waals surface area contributed by atoms with E-state index in [9.17, 15) is 4.79 Å². The number of hydrogen-bond acceptors (Lipinski definition) is 3. The van der Waals surface area contributed by atoms with Crippen molar-refractivity contribution in [1.82, 2.24) is 4.90 Å². The van der Waals surface area contributed by atoms with Crippen LogP contribution in [0.3, 0.4) is 0 Å². The van der Waals surface area contributed by atoms with Crippen LogP contribution in [0.1, 0.15) is 174 Å². The number of carbonyl (C=O) groups is 1. The highest BCUT2D eigenvalue weighted by Gasteiger charge is 2.20. The summed E-state index contributed by atoms with van der Waals surface area (Å²) in [6, 6.07) is -0.350. The molecule has 0 bridgehead atoms. The summed E-state index contributed by atoms with van der Waals surface area (Å²) >= 11 is 0. The molecule has 0 rings (SSSR count). The van der Waals surface area contributed by atoms with Crippen molar-refractivity contribution < 1.29 is 4.79 Å². The highest BCUT2D eigenvalue weighted by atomic mass is 35.5. The second-order valence-electron chi connectivity index (χ2n) is 11.3. The molecule has 0 saturated carbocycles. The van der Waals surface area contributed by atoms with E-state index in [1.165, 1.54) is 128 Å². The van der Waals surface area contributed by atoms with Crippen LogP contribution in [0.5, 0.6) is 0 Å². The molecular weight excluding hydrogens is 549 g/mol. The molecule has 0 unspecified atom stereocenters. The molecule has 7 heteroatoms. The monoisotopic (exact) mass is 617 g/mol. The third kappa shape index (κ3) is 32.6. The first kappa shape index (κ1) is 46.2. The van der Waals surface area contributed by atoms with Crippen molar-refractivity contribution in [3.05, 3.63) is 0 Å². The van der Waals surface area contributed by atoms with Gasteiger partial charge in [-0.2, -0.15) is 0 Å². The molecule has 0 aliphatic heterocycles. The van der Waals surface area contributed by atoms with Gasteiger partial charge in [-0.15, -0.1) is 37.2 Å². The molecule has 0 fully saturated rings. The summed E-state index contributed by atoms with van der Waals surface area (Å²) < 4.78 is 0. The second kappa shape index (κ2) is 38.3. The average Bonchev–Trinajstić information content (AvgIpc) is 2.88. The fraction of sp³-hybridized carbons (Fsp3) is 0.969. The molecule has 1 amide bonds. The molecule has 0 spiro atoms. The molecule has 0 aromatic rings. The Morgan fingerprint density at radius 2 is 0.821 bits per heavy atom. The average molecular weight is 619 g/mol. The van der Waals surface area contributed by atoms with Crippen LogP contribution < -0.4 is 11.5 Å². The third-order valence-corrected chi connectivity index (χ3v) is 7.66. The first-order valence-electron chi connectivity index (χ1n) is 16.4. The zero-order valence-electron chi connectivity index (χ0n) is 26.1. The predicted octanol–water partition coefficient (Wildman–Crippen LogP) is 10.2. The third-order valence-electron chi connectivity index (χ3n) is 7.66. The van der Waals surface area contributed by atoms with Gasteiger partial charge in [-0.05, 0) is 32.2 Å². The van der Waals surface area contributed by atoms with Gasteiger partial charge >= 0.3 is 0 Å². The van der Waals surface area contributed by atoms with Crippen LogP contribution in [0.25, 0.3) is 0 Å². The van der Waals surface area contributed by atoms with Crippen LogP contribution in [0.4, 0.5) is 0 Å². The highest BCUT2D eigenvalue weighted by molar-refractivity contribution is 5.86. The van der Waals surface area contributed by atoms with Gasteiger partial charge in [-0.25, -0.2) is 0 Å². The maximum Gasteiger partial charge on any atom is 0.239 e. The summed E-state index contributed by atoms with van der Waals surface area (Å²) in [4.78, 5) is 15.1. The van der Waals surface area contributed by atoms with Crippen molar-refractivity contribution in [3.63, 3.8) is 0 Å². The first-order valence-corrected chi connectivity index (χ1v) is 16.4. The normalized spacial score (nSPS) is 11.3. The Kier molecular flexibility index (Phi) is 45.3. The molecule has 0 radical (unpaired) electrons. The number of unbranched alkanes of at least 4 members (excludes halogenated alkanes) is 21. The van der Waals surface area contributed by atoms with Crippen LogP contribution in [-0.4, -0.2) is 36.5 Å². The Balaban J connectivity index is -0.00000204. The quantitative estimate of drug-likeness (QED) is 0.0819. The van der Waals surface area contributed by atoms with Crippen molar-refractivity contribution >= 4 is 43.1 Å². The first-order chi connectivity index (χ1) is 17.7. The molecule has 0 heterocycles. The molecule has 0 saturated heterocycles. The zero-order valence-corrected chi connectivity index (χ0v) is 28.6. The molecule has 4 N–H and O–H groups in total. The van der Waals surface area contributed by atoms with Gasteiger partial charge in [-0.3, -0.25) is 4.79 Å². The van der Waals surface area contributed by atoms with Crippen LogP contribution in [0, 0.1) is 0 Å². The summed E-state index contributed by atoms with van der Waals surface area (Å²) in [5.74, 6) is 0.172. The van der Waals surface area contributed by atoms with Gasteiger partial charge in [0.05, 0.1) is 6.04 Å². The zero-order chi connectivity index (χ0) is 26.5. The number of nitrogens with two attached hydrogens (primary N) is 2. The minimum Gasteiger partial charge on any atom is -0.341 e. The maximum absolute atomic E-state index is 13.0. The van der Waals surface area contributed by atoms with Crippen molar-refractivity contribution in [3.8, 4) is 0 Å². The Morgan fingerprint density at radius 1 is 0.513 bits per heavy atom. The van der Waals surface area contributed by atoms with Crippen LogP contribution in [0.15, 0.2) is 0 Å². The van der Waals surface area contributed by atoms with Gasteiger partial charge in [0.1, 0.15) is 0 Å². The van der Waals surface area contributed by atoms with Gasteiger partial charge in [-0.1, -0.05) is 149 Å². The Bertz CT molecular complexity index is 458. The van der Waals surface area contributed by atoms with E-state index < -0.39 is 0 Å². The number of hydrogen-bond donors (Lipinski definition) is 2. The largest absolute Gasteiger partial charge is 0.341 e. The predicted molar refractivity (Wildman–Crippen MR) is 182 cm³/mol. The summed E-state index contributed by atoms with van der Waals surface area (Å²) in [5.41, 5.74) is 11.9. The van der Waals surface area contributed by atoms with Gasteiger partial charge in [0, 0.05) is 13.1 Å². The maximum atomic E-state index is 13.0. The van der Waals surface area contributed by atoms with Gasteiger partial charge in [0.25, 0.3) is 0 Å². The summed E-state index contributed by atoms with van der Waals surface area (Å²) in [7, 11) is 0. The van der Waals surface area contributed by atoms with Crippen LogP contribution in [0.2, 0.25) is 0 Å². The molecule has 0 aliphatic rings. The molecule has 1 atom stereocenters. The molecule has 0 aliphatic carbocycles. The standard InChI is InChI=1S/C32H67N3O.3ClH/c1-3-5-7-9-11-13-15-16-18-20-22-26-30-35(32(36)31(34)27-23-24-28-33)29-25-21-19-17-14-12-10-8-6-4-2;;;/h31H,3-30,33-34H2,1-2H3;3*1H/t31-;;;/m0.../s1. The number of halogens is 3. The topological polar surface area (TPSA) is 72.3 Å². The van der Waals surface area contributed by atoms with Crippen molar-refractivity contribution in [2.45, 2.75) is 180 Å². The Labute approximate surface area is 263 Å². The summed E-state index contributed by atoms with van der Waals surface area (Å²) in [6.45, 7) is 7.02. The Morgan fingerprint density at radius 3 is 1.13 bits per heavy atom. The number of rotatable bonds is 29. The van der Waals surface area contributed by atoms with E-state index in [4.69, 9.17) is 11.5 Å². The molecule has 240 valence electrons. The highest BCUT2D eigenvalue weighted by Crippen LogP contribution is 2.14. The lowest BCUT2D eigenvalue weighted by atomic mass is 10.0. The second-order valence-corrected chi connectivity index (χ2v) is 11.3. The van der Waals surface area contributed by atoms with E-state index in [0.717, 1.165) is 45.2 Å². The number of amides is 1. The minimum atomic E-state index is -0.350. The molecule has 39 heavy (non-hydrogen) atoms. The van der Waals surface area contributed by atoms with E-state index in [1.807, 2.05) is 0 Å². The summed E-state index contributed by atoms with van der Waals surface area (Å²) in [5, 5.41) is 0. The van der Waals surface area contributed by atoms with E-state index in [2.05, 4.69) is 18.7 Å². The van der Waals surface area contributed by atoms with E-state index in [-0.39, 0.29) is 49.2 Å². The van der Waals surface area contributed by atoms with Gasteiger partial charge < -0.3 is 16.4 Å². The lowest BCUT2D eigenvalue weighted by Gasteiger charge is -2.26. The molecule has 0 aromatic carbocycles. The number of carbonyl (C=O) groups excluding carboxylic acids is 1. The van der Waals surface area contributed by atoms with Crippen molar-refractivity contribution in [2.24, 2.45) is 11.5 Å². The van der Waals surface area contributed by atoms with E-state index in [0.29, 0.717) is 6.54 Å².